The van der Waals surface area contributed by atoms with Crippen molar-refractivity contribution in [1.82, 2.24) is 0 Å². The maximum absolute atomic E-state index is 12.5. The summed E-state index contributed by atoms with van der Waals surface area (Å²) in [4.78, 5) is 47.1. The normalized spacial score (nSPS) is 14.3. The van der Waals surface area contributed by atoms with Gasteiger partial charge in [0.05, 0.1) is 7.11 Å². The Hall–Kier alpha value is -3.14. The fourth-order valence-corrected chi connectivity index (χ4v) is 2.93. The zero-order chi connectivity index (χ0) is 24.5. The molecule has 0 radical (unpaired) electrons. The molecule has 0 saturated heterocycles. The summed E-state index contributed by atoms with van der Waals surface area (Å²) in [6.45, 7) is 7.58. The average molecular weight is 453 g/mol. The molecule has 1 unspecified atom stereocenters. The molecule has 10 nitrogen and oxygen atoms in total. The van der Waals surface area contributed by atoms with Crippen molar-refractivity contribution in [3.05, 3.63) is 23.8 Å². The van der Waals surface area contributed by atoms with Gasteiger partial charge in [-0.1, -0.05) is 13.0 Å². The molecule has 0 aliphatic heterocycles. The van der Waals surface area contributed by atoms with E-state index < -0.39 is 35.7 Å². The molecule has 0 aliphatic carbocycles. The minimum atomic E-state index is -1.57. The highest BCUT2D eigenvalue weighted by Crippen LogP contribution is 2.31. The number of methoxy groups -OCH3 is 1. The molecule has 1 aromatic rings. The molecular formula is C22H31NO9. The van der Waals surface area contributed by atoms with Gasteiger partial charge in [-0.25, -0.2) is 4.79 Å². The Bertz CT molecular complexity index is 839. The summed E-state index contributed by atoms with van der Waals surface area (Å²) >= 11 is 0. The highest BCUT2D eigenvalue weighted by atomic mass is 16.7. The lowest BCUT2D eigenvalue weighted by Crippen LogP contribution is -2.53. The van der Waals surface area contributed by atoms with Crippen molar-refractivity contribution in [3.63, 3.8) is 0 Å². The second kappa shape index (κ2) is 12.0. The molecule has 10 heteroatoms. The first-order valence-electron chi connectivity index (χ1n) is 10.1. The van der Waals surface area contributed by atoms with Crippen LogP contribution in [0.25, 0.3) is 0 Å². The molecule has 0 aliphatic rings. The monoisotopic (exact) mass is 453 g/mol. The Morgan fingerprint density at radius 2 is 1.53 bits per heavy atom. The zero-order valence-corrected chi connectivity index (χ0v) is 19.3. The summed E-state index contributed by atoms with van der Waals surface area (Å²) in [5.41, 5.74) is 5.29. The van der Waals surface area contributed by atoms with Gasteiger partial charge in [0.15, 0.2) is 11.5 Å². The minimum Gasteiger partial charge on any atom is -0.468 e. The summed E-state index contributed by atoms with van der Waals surface area (Å²) in [6.07, 6.45) is -1.41. The number of carbonyl (C=O) groups is 4. The van der Waals surface area contributed by atoms with Gasteiger partial charge in [-0.3, -0.25) is 14.4 Å². The first-order valence-corrected chi connectivity index (χ1v) is 10.1. The highest BCUT2D eigenvalue weighted by molar-refractivity contribution is 5.81. The molecule has 0 amide bonds. The Morgan fingerprint density at radius 3 is 2.06 bits per heavy atom. The first kappa shape index (κ1) is 26.9. The third-order valence-corrected chi connectivity index (χ3v) is 4.45. The van der Waals surface area contributed by atoms with Crippen LogP contribution in [-0.2, 0) is 35.0 Å². The minimum absolute atomic E-state index is 0.00107. The highest BCUT2D eigenvalue weighted by Gasteiger charge is 2.38. The SMILES string of the molecule is CC[C@H](C)OC(=O)O[C@@H](C)CC(N)(Cc1ccc(OC(C)=O)c(OC(C)=O)c1)C(=O)OC. The van der Waals surface area contributed by atoms with Gasteiger partial charge in [0.2, 0.25) is 0 Å². The third-order valence-electron chi connectivity index (χ3n) is 4.45. The molecule has 0 spiro atoms. The largest absolute Gasteiger partial charge is 0.508 e. The maximum Gasteiger partial charge on any atom is 0.508 e. The van der Waals surface area contributed by atoms with Gasteiger partial charge >= 0.3 is 24.1 Å². The van der Waals surface area contributed by atoms with E-state index in [-0.39, 0.29) is 30.4 Å². The summed E-state index contributed by atoms with van der Waals surface area (Å²) in [5, 5.41) is 0. The molecule has 32 heavy (non-hydrogen) atoms. The van der Waals surface area contributed by atoms with E-state index in [1.54, 1.807) is 19.9 Å². The van der Waals surface area contributed by atoms with Crippen molar-refractivity contribution in [1.29, 1.82) is 0 Å². The van der Waals surface area contributed by atoms with E-state index in [4.69, 9.17) is 29.4 Å². The third kappa shape index (κ3) is 8.54. The Kier molecular flexibility index (Phi) is 10.1. The van der Waals surface area contributed by atoms with Gasteiger partial charge in [0, 0.05) is 26.7 Å². The van der Waals surface area contributed by atoms with Crippen molar-refractivity contribution in [2.24, 2.45) is 5.73 Å². The molecule has 178 valence electrons. The van der Waals surface area contributed by atoms with Crippen LogP contribution in [0.2, 0.25) is 0 Å². The van der Waals surface area contributed by atoms with E-state index in [0.717, 1.165) is 0 Å². The molecule has 0 heterocycles. The van der Waals surface area contributed by atoms with Crippen LogP contribution in [0.3, 0.4) is 0 Å². The number of hydrogen-bond acceptors (Lipinski definition) is 10. The molecule has 0 fully saturated rings. The summed E-state index contributed by atoms with van der Waals surface area (Å²) in [7, 11) is 1.20. The van der Waals surface area contributed by atoms with Crippen LogP contribution in [0.15, 0.2) is 18.2 Å². The maximum atomic E-state index is 12.5. The van der Waals surface area contributed by atoms with Crippen LogP contribution in [0.1, 0.15) is 53.0 Å². The van der Waals surface area contributed by atoms with Crippen LogP contribution in [-0.4, -0.2) is 48.9 Å². The predicted octanol–water partition coefficient (Wildman–Crippen LogP) is 2.68. The molecule has 3 atom stereocenters. The molecule has 1 rings (SSSR count). The fraction of sp³-hybridized carbons (Fsp3) is 0.545. The number of nitrogens with two attached hydrogens (primary N) is 1. The Labute approximate surface area is 187 Å². The Balaban J connectivity index is 3.09. The first-order chi connectivity index (χ1) is 14.9. The number of esters is 3. The lowest BCUT2D eigenvalue weighted by atomic mass is 9.86. The van der Waals surface area contributed by atoms with E-state index >= 15 is 0 Å². The average Bonchev–Trinajstić information content (AvgIpc) is 2.67. The lowest BCUT2D eigenvalue weighted by molar-refractivity contribution is -0.148. The van der Waals surface area contributed by atoms with E-state index in [1.807, 2.05) is 6.92 Å². The van der Waals surface area contributed by atoms with E-state index in [2.05, 4.69) is 0 Å². The molecule has 0 aromatic heterocycles. The van der Waals surface area contributed by atoms with Crippen LogP contribution < -0.4 is 15.2 Å². The van der Waals surface area contributed by atoms with Crippen molar-refractivity contribution >= 4 is 24.1 Å². The second-order valence-corrected chi connectivity index (χ2v) is 7.51. The van der Waals surface area contributed by atoms with Crippen molar-refractivity contribution in [2.75, 3.05) is 7.11 Å². The number of benzene rings is 1. The second-order valence-electron chi connectivity index (χ2n) is 7.51. The van der Waals surface area contributed by atoms with Gasteiger partial charge in [-0.15, -0.1) is 0 Å². The smallest absolute Gasteiger partial charge is 0.468 e. The molecular weight excluding hydrogens is 422 g/mol. The molecule has 2 N–H and O–H groups in total. The van der Waals surface area contributed by atoms with Gasteiger partial charge in [0.1, 0.15) is 17.7 Å². The zero-order valence-electron chi connectivity index (χ0n) is 19.3. The fourth-order valence-electron chi connectivity index (χ4n) is 2.93. The predicted molar refractivity (Wildman–Crippen MR) is 113 cm³/mol. The summed E-state index contributed by atoms with van der Waals surface area (Å²) in [6, 6.07) is 4.43. The summed E-state index contributed by atoms with van der Waals surface area (Å²) in [5.74, 6) is -1.89. The lowest BCUT2D eigenvalue weighted by Gasteiger charge is -2.29. The van der Waals surface area contributed by atoms with Crippen molar-refractivity contribution in [3.8, 4) is 11.5 Å². The standard InChI is InChI=1S/C22H31NO9/c1-7-13(2)29-21(27)30-14(3)11-22(23,20(26)28-6)12-17-8-9-18(31-15(4)24)19(10-17)32-16(5)25/h8-10,13-14H,7,11-12,23H2,1-6H3/t13-,14-,22?/m0/s1. The topological polar surface area (TPSA) is 140 Å². The van der Waals surface area contributed by atoms with E-state index in [0.29, 0.717) is 12.0 Å². The van der Waals surface area contributed by atoms with Crippen molar-refractivity contribution in [2.45, 2.75) is 71.6 Å². The van der Waals surface area contributed by atoms with Crippen LogP contribution in [0.4, 0.5) is 4.79 Å². The van der Waals surface area contributed by atoms with Gasteiger partial charge in [-0.05, 0) is 38.0 Å². The van der Waals surface area contributed by atoms with Crippen molar-refractivity contribution < 1.29 is 42.9 Å². The van der Waals surface area contributed by atoms with E-state index in [9.17, 15) is 19.2 Å². The number of rotatable bonds is 10. The molecule has 0 bridgehead atoms. The van der Waals surface area contributed by atoms with Gasteiger partial charge in [0.25, 0.3) is 0 Å². The van der Waals surface area contributed by atoms with Gasteiger partial charge in [-0.2, -0.15) is 0 Å². The van der Waals surface area contributed by atoms with Gasteiger partial charge < -0.3 is 29.4 Å². The van der Waals surface area contributed by atoms with Crippen LogP contribution >= 0.6 is 0 Å². The quantitative estimate of drug-likeness (QED) is 0.415. The van der Waals surface area contributed by atoms with Crippen LogP contribution in [0.5, 0.6) is 11.5 Å². The molecule has 0 saturated carbocycles. The summed E-state index contributed by atoms with van der Waals surface area (Å²) < 4.78 is 25.3. The van der Waals surface area contributed by atoms with Crippen LogP contribution in [0, 0.1) is 0 Å². The number of ether oxygens (including phenoxy) is 5. The number of hydrogen-bond donors (Lipinski definition) is 1. The number of carbonyl (C=O) groups excluding carboxylic acids is 4. The molecule has 1 aromatic carbocycles. The Morgan fingerprint density at radius 1 is 0.969 bits per heavy atom. The van der Waals surface area contributed by atoms with E-state index in [1.165, 1.54) is 33.1 Å².